The molecule has 0 amide bonds. The molecule has 0 bridgehead atoms. The molecule has 19 heavy (non-hydrogen) atoms. The van der Waals surface area contributed by atoms with Gasteiger partial charge in [0, 0.05) is 29.4 Å². The Morgan fingerprint density at radius 3 is 2.84 bits per heavy atom. The van der Waals surface area contributed by atoms with E-state index in [9.17, 15) is 0 Å². The predicted molar refractivity (Wildman–Crippen MR) is 78.6 cm³/mol. The third-order valence-corrected chi connectivity index (χ3v) is 3.82. The van der Waals surface area contributed by atoms with Gasteiger partial charge in [-0.05, 0) is 32.0 Å². The van der Waals surface area contributed by atoms with E-state index in [1.54, 1.807) is 16.0 Å². The summed E-state index contributed by atoms with van der Waals surface area (Å²) in [7, 11) is 1.90. The highest BCUT2D eigenvalue weighted by Gasteiger charge is 2.05. The topological polar surface area (TPSA) is 39.1 Å². The number of thiophene rings is 1. The summed E-state index contributed by atoms with van der Waals surface area (Å²) in [5, 5.41) is 7.67. The van der Waals surface area contributed by atoms with Crippen LogP contribution in [0, 0.1) is 6.92 Å². The molecule has 0 saturated carbocycles. The van der Waals surface area contributed by atoms with Gasteiger partial charge in [0.1, 0.15) is 6.61 Å². The maximum atomic E-state index is 5.77. The molecule has 2 aromatic rings. The summed E-state index contributed by atoms with van der Waals surface area (Å²) in [6.45, 7) is 6.77. The van der Waals surface area contributed by atoms with Crippen LogP contribution in [0.2, 0.25) is 0 Å². The summed E-state index contributed by atoms with van der Waals surface area (Å²) in [4.78, 5) is 2.60. The van der Waals surface area contributed by atoms with Crippen LogP contribution in [0.3, 0.4) is 0 Å². The number of nitrogens with zero attached hydrogens (tertiary/aromatic N) is 2. The van der Waals surface area contributed by atoms with Crippen LogP contribution in [0.4, 0.5) is 0 Å². The minimum Gasteiger partial charge on any atom is -0.472 e. The van der Waals surface area contributed by atoms with E-state index < -0.39 is 0 Å². The first-order chi connectivity index (χ1) is 9.19. The lowest BCUT2D eigenvalue weighted by molar-refractivity contribution is 0.282. The zero-order chi connectivity index (χ0) is 13.7. The summed E-state index contributed by atoms with van der Waals surface area (Å²) < 4.78 is 7.54. The van der Waals surface area contributed by atoms with Gasteiger partial charge in [0.05, 0.1) is 5.69 Å². The molecule has 4 nitrogen and oxygen atoms in total. The van der Waals surface area contributed by atoms with Crippen molar-refractivity contribution in [1.82, 2.24) is 15.1 Å². The van der Waals surface area contributed by atoms with Crippen LogP contribution in [0.25, 0.3) is 0 Å². The molecule has 0 fully saturated rings. The molecule has 0 radical (unpaired) electrons. The van der Waals surface area contributed by atoms with E-state index in [2.05, 4.69) is 29.5 Å². The number of hydrogen-bond acceptors (Lipinski definition) is 4. The van der Waals surface area contributed by atoms with Gasteiger partial charge in [-0.25, -0.2) is 4.68 Å². The second-order valence-electron chi connectivity index (χ2n) is 4.58. The van der Waals surface area contributed by atoms with Crippen molar-refractivity contribution in [2.24, 2.45) is 7.05 Å². The van der Waals surface area contributed by atoms with Crippen LogP contribution in [0.5, 0.6) is 5.88 Å². The molecular formula is C14H21N3OS. The average Bonchev–Trinajstić information content (AvgIpc) is 2.94. The molecule has 0 aliphatic carbocycles. The van der Waals surface area contributed by atoms with E-state index >= 15 is 0 Å². The molecule has 0 aliphatic heterocycles. The summed E-state index contributed by atoms with van der Waals surface area (Å²) in [6, 6.07) is 6.26. The normalized spacial score (nSPS) is 10.9. The van der Waals surface area contributed by atoms with Crippen LogP contribution in [-0.4, -0.2) is 16.3 Å². The van der Waals surface area contributed by atoms with Gasteiger partial charge in [-0.1, -0.05) is 6.92 Å². The van der Waals surface area contributed by atoms with Crippen molar-refractivity contribution >= 4 is 11.3 Å². The maximum absolute atomic E-state index is 5.77. The van der Waals surface area contributed by atoms with Crippen molar-refractivity contribution in [2.45, 2.75) is 33.4 Å². The summed E-state index contributed by atoms with van der Waals surface area (Å²) in [5.41, 5.74) is 0.980. The minimum absolute atomic E-state index is 0.609. The third kappa shape index (κ3) is 4.08. The lowest BCUT2D eigenvalue weighted by atomic mass is 10.4. The van der Waals surface area contributed by atoms with E-state index in [1.807, 2.05) is 20.0 Å². The smallest absolute Gasteiger partial charge is 0.212 e. The monoisotopic (exact) mass is 279 g/mol. The van der Waals surface area contributed by atoms with E-state index in [0.717, 1.165) is 24.7 Å². The maximum Gasteiger partial charge on any atom is 0.212 e. The lowest BCUT2D eigenvalue weighted by Gasteiger charge is -2.03. The number of ether oxygens (including phenoxy) is 1. The fraction of sp³-hybridized carbons (Fsp3) is 0.500. The molecule has 2 heterocycles. The molecule has 0 atom stereocenters. The van der Waals surface area contributed by atoms with Crippen molar-refractivity contribution in [3.05, 3.63) is 33.6 Å². The third-order valence-electron chi connectivity index (χ3n) is 2.76. The Hall–Kier alpha value is -1.33. The first-order valence-corrected chi connectivity index (χ1v) is 7.42. The van der Waals surface area contributed by atoms with E-state index in [4.69, 9.17) is 4.74 Å². The Labute approximate surface area is 118 Å². The largest absolute Gasteiger partial charge is 0.472 e. The van der Waals surface area contributed by atoms with Gasteiger partial charge < -0.3 is 10.1 Å². The Bertz CT molecular complexity index is 518. The van der Waals surface area contributed by atoms with Crippen LogP contribution < -0.4 is 10.1 Å². The molecule has 0 saturated heterocycles. The number of hydrogen-bond donors (Lipinski definition) is 1. The van der Waals surface area contributed by atoms with Crippen LogP contribution >= 0.6 is 11.3 Å². The van der Waals surface area contributed by atoms with Crippen molar-refractivity contribution in [2.75, 3.05) is 6.54 Å². The van der Waals surface area contributed by atoms with Gasteiger partial charge in [-0.2, -0.15) is 5.10 Å². The van der Waals surface area contributed by atoms with Crippen LogP contribution in [-0.2, 0) is 20.2 Å². The second-order valence-corrected chi connectivity index (χ2v) is 5.83. The fourth-order valence-electron chi connectivity index (χ4n) is 1.85. The van der Waals surface area contributed by atoms with Crippen molar-refractivity contribution in [3.63, 3.8) is 0 Å². The molecule has 5 heteroatoms. The first kappa shape index (κ1) is 14.1. The Balaban J connectivity index is 1.84. The first-order valence-electron chi connectivity index (χ1n) is 6.60. The van der Waals surface area contributed by atoms with Gasteiger partial charge in [-0.3, -0.25) is 0 Å². The quantitative estimate of drug-likeness (QED) is 0.792. The molecule has 0 unspecified atom stereocenters. The number of rotatable bonds is 7. The highest BCUT2D eigenvalue weighted by molar-refractivity contribution is 7.11. The van der Waals surface area contributed by atoms with E-state index in [0.29, 0.717) is 6.61 Å². The van der Waals surface area contributed by atoms with E-state index in [1.165, 1.54) is 16.2 Å². The fourth-order valence-corrected chi connectivity index (χ4v) is 2.75. The Morgan fingerprint density at radius 1 is 1.37 bits per heavy atom. The zero-order valence-corrected chi connectivity index (χ0v) is 12.6. The van der Waals surface area contributed by atoms with Gasteiger partial charge >= 0.3 is 0 Å². The molecule has 104 valence electrons. The number of aryl methyl sites for hydroxylation is 2. The Morgan fingerprint density at radius 2 is 2.16 bits per heavy atom. The summed E-state index contributed by atoms with van der Waals surface area (Å²) >= 11 is 1.80. The zero-order valence-electron chi connectivity index (χ0n) is 11.8. The van der Waals surface area contributed by atoms with Gasteiger partial charge in [0.15, 0.2) is 0 Å². The number of nitrogens with one attached hydrogen (secondary N) is 1. The van der Waals surface area contributed by atoms with E-state index in [-0.39, 0.29) is 0 Å². The standard InChI is InChI=1S/C14H21N3OS/c1-4-7-15-9-12-5-6-13(19-12)10-18-14-8-11(2)16-17(14)3/h5-6,8,15H,4,7,9-10H2,1-3H3. The van der Waals surface area contributed by atoms with Gasteiger partial charge in [0.25, 0.3) is 0 Å². The van der Waals surface area contributed by atoms with Crippen molar-refractivity contribution in [3.8, 4) is 5.88 Å². The van der Waals surface area contributed by atoms with Crippen molar-refractivity contribution < 1.29 is 4.74 Å². The van der Waals surface area contributed by atoms with Gasteiger partial charge in [-0.15, -0.1) is 11.3 Å². The predicted octanol–water partition coefficient (Wildman–Crippen LogP) is 2.87. The Kier molecular flexibility index (Phi) is 4.99. The molecular weight excluding hydrogens is 258 g/mol. The second kappa shape index (κ2) is 6.73. The lowest BCUT2D eigenvalue weighted by Crippen LogP contribution is -2.12. The summed E-state index contributed by atoms with van der Waals surface area (Å²) in [6.07, 6.45) is 1.17. The molecule has 0 spiro atoms. The molecule has 2 aromatic heterocycles. The molecule has 2 rings (SSSR count). The van der Waals surface area contributed by atoms with Gasteiger partial charge in [0.2, 0.25) is 5.88 Å². The number of aromatic nitrogens is 2. The highest BCUT2D eigenvalue weighted by atomic mass is 32.1. The highest BCUT2D eigenvalue weighted by Crippen LogP contribution is 2.19. The van der Waals surface area contributed by atoms with Crippen LogP contribution in [0.1, 0.15) is 28.8 Å². The van der Waals surface area contributed by atoms with Crippen LogP contribution in [0.15, 0.2) is 18.2 Å². The molecule has 0 aliphatic rings. The molecule has 1 N–H and O–H groups in total. The summed E-state index contributed by atoms with van der Waals surface area (Å²) in [5.74, 6) is 0.816. The average molecular weight is 279 g/mol. The SMILES string of the molecule is CCCNCc1ccc(COc2cc(C)nn2C)s1. The van der Waals surface area contributed by atoms with Crippen molar-refractivity contribution in [1.29, 1.82) is 0 Å². The minimum atomic E-state index is 0.609. The molecule has 0 aromatic carbocycles.